The van der Waals surface area contributed by atoms with E-state index in [4.69, 9.17) is 5.73 Å². The molecule has 3 heteroatoms. The highest BCUT2D eigenvalue weighted by molar-refractivity contribution is 5.85. The lowest BCUT2D eigenvalue weighted by Gasteiger charge is -2.28. The van der Waals surface area contributed by atoms with E-state index in [-0.39, 0.29) is 11.6 Å². The monoisotopic (exact) mass is 284 g/mol. The summed E-state index contributed by atoms with van der Waals surface area (Å²) in [6.45, 7) is 3.98. The second kappa shape index (κ2) is 5.64. The molecule has 1 aromatic heterocycles. The van der Waals surface area contributed by atoms with E-state index in [1.165, 1.54) is 19.3 Å². The van der Waals surface area contributed by atoms with E-state index in [9.17, 15) is 4.79 Å². The third kappa shape index (κ3) is 2.51. The van der Waals surface area contributed by atoms with E-state index >= 15 is 0 Å². The lowest BCUT2D eigenvalue weighted by atomic mass is 9.93. The van der Waals surface area contributed by atoms with Crippen molar-refractivity contribution in [3.05, 3.63) is 45.9 Å². The van der Waals surface area contributed by atoms with Gasteiger partial charge in [-0.1, -0.05) is 37.5 Å². The minimum Gasteiger partial charge on any atom is -0.323 e. The number of fused-ring (bicyclic) bond motifs is 1. The van der Waals surface area contributed by atoms with E-state index in [0.717, 1.165) is 34.9 Å². The van der Waals surface area contributed by atoms with Crippen LogP contribution in [0.2, 0.25) is 0 Å². The molecular formula is C18H24N2O. The number of pyridine rings is 1. The van der Waals surface area contributed by atoms with Crippen molar-refractivity contribution in [1.29, 1.82) is 0 Å². The van der Waals surface area contributed by atoms with Gasteiger partial charge in [-0.3, -0.25) is 4.79 Å². The molecule has 0 spiro atoms. The number of hydrogen-bond donors (Lipinski definition) is 1. The predicted octanol–water partition coefficient (Wildman–Crippen LogP) is 3.83. The van der Waals surface area contributed by atoms with Crippen LogP contribution in [0.1, 0.15) is 62.4 Å². The van der Waals surface area contributed by atoms with Crippen molar-refractivity contribution in [3.63, 3.8) is 0 Å². The first-order valence-corrected chi connectivity index (χ1v) is 8.00. The van der Waals surface area contributed by atoms with Gasteiger partial charge in [0.25, 0.3) is 5.56 Å². The zero-order valence-electron chi connectivity index (χ0n) is 12.9. The quantitative estimate of drug-likeness (QED) is 0.911. The molecule has 0 saturated heterocycles. The maximum Gasteiger partial charge on any atom is 0.259 e. The van der Waals surface area contributed by atoms with Gasteiger partial charge >= 0.3 is 0 Å². The van der Waals surface area contributed by atoms with Gasteiger partial charge in [0.2, 0.25) is 0 Å². The lowest BCUT2D eigenvalue weighted by Crippen LogP contribution is -2.31. The van der Waals surface area contributed by atoms with Crippen LogP contribution in [0.25, 0.3) is 10.8 Å². The van der Waals surface area contributed by atoms with Crippen LogP contribution in [0.4, 0.5) is 0 Å². The molecule has 0 amide bonds. The first-order chi connectivity index (χ1) is 10.1. The molecule has 1 aliphatic carbocycles. The normalized spacial score (nSPS) is 18.0. The summed E-state index contributed by atoms with van der Waals surface area (Å²) in [5, 5.41) is 1.87. The number of hydrogen-bond acceptors (Lipinski definition) is 2. The molecule has 21 heavy (non-hydrogen) atoms. The second-order valence-electron chi connectivity index (χ2n) is 6.36. The Morgan fingerprint density at radius 2 is 1.95 bits per heavy atom. The molecule has 1 fully saturated rings. The van der Waals surface area contributed by atoms with Crippen molar-refractivity contribution >= 4 is 10.8 Å². The lowest BCUT2D eigenvalue weighted by molar-refractivity contribution is 0.336. The van der Waals surface area contributed by atoms with Crippen LogP contribution in [0, 0.1) is 6.92 Å². The van der Waals surface area contributed by atoms with Gasteiger partial charge < -0.3 is 10.3 Å². The van der Waals surface area contributed by atoms with Crippen LogP contribution in [-0.4, -0.2) is 4.57 Å². The number of benzene rings is 1. The summed E-state index contributed by atoms with van der Waals surface area (Å²) >= 11 is 0. The molecule has 1 aromatic carbocycles. The van der Waals surface area contributed by atoms with Gasteiger partial charge in [-0.15, -0.1) is 0 Å². The molecule has 112 valence electrons. The Kier molecular flexibility index (Phi) is 3.85. The molecule has 3 nitrogen and oxygen atoms in total. The number of aryl methyl sites for hydroxylation is 1. The van der Waals surface area contributed by atoms with E-state index in [1.54, 1.807) is 0 Å². The molecule has 2 N–H and O–H groups in total. The number of aromatic nitrogens is 1. The number of nitrogens with zero attached hydrogens (tertiary/aromatic N) is 1. The molecule has 0 aliphatic heterocycles. The molecule has 1 heterocycles. The van der Waals surface area contributed by atoms with Crippen LogP contribution in [0.5, 0.6) is 0 Å². The second-order valence-corrected chi connectivity index (χ2v) is 6.36. The molecular weight excluding hydrogens is 260 g/mol. The van der Waals surface area contributed by atoms with Gasteiger partial charge in [-0.25, -0.2) is 0 Å². The molecule has 2 aromatic rings. The third-order valence-corrected chi connectivity index (χ3v) is 4.73. The fourth-order valence-corrected chi connectivity index (χ4v) is 3.64. The Balaban J connectivity index is 2.29. The number of rotatable bonds is 2. The summed E-state index contributed by atoms with van der Waals surface area (Å²) in [5.74, 6) is 0. The molecule has 1 saturated carbocycles. The van der Waals surface area contributed by atoms with Crippen molar-refractivity contribution in [3.8, 4) is 0 Å². The smallest absolute Gasteiger partial charge is 0.259 e. The van der Waals surface area contributed by atoms with Crippen LogP contribution in [-0.2, 0) is 0 Å². The third-order valence-electron chi connectivity index (χ3n) is 4.73. The van der Waals surface area contributed by atoms with Crippen molar-refractivity contribution in [2.45, 2.75) is 58.0 Å². The standard InChI is InChI=1S/C18H24N2O/c1-12-7-6-8-14-11-16(13(2)19)20(18(21)17(12)14)15-9-4-3-5-10-15/h6-8,11,13,15H,3-5,9-10,19H2,1-2H3/t13-/m0/s1. The topological polar surface area (TPSA) is 48.0 Å². The highest BCUT2D eigenvalue weighted by Gasteiger charge is 2.22. The Labute approximate surface area is 125 Å². The zero-order valence-corrected chi connectivity index (χ0v) is 12.9. The molecule has 1 aliphatic rings. The average Bonchev–Trinajstić information content (AvgIpc) is 2.47. The van der Waals surface area contributed by atoms with Gasteiger partial charge in [0.05, 0.1) is 5.39 Å². The first kappa shape index (κ1) is 14.3. The highest BCUT2D eigenvalue weighted by Crippen LogP contribution is 2.30. The highest BCUT2D eigenvalue weighted by atomic mass is 16.1. The van der Waals surface area contributed by atoms with Crippen LogP contribution in [0.15, 0.2) is 29.1 Å². The van der Waals surface area contributed by atoms with E-state index < -0.39 is 0 Å². The first-order valence-electron chi connectivity index (χ1n) is 8.00. The summed E-state index contributed by atoms with van der Waals surface area (Å²) in [6, 6.07) is 8.35. The Hall–Kier alpha value is -1.61. The molecule has 0 bridgehead atoms. The minimum absolute atomic E-state index is 0.121. The van der Waals surface area contributed by atoms with E-state index in [1.807, 2.05) is 36.6 Å². The maximum atomic E-state index is 13.1. The van der Waals surface area contributed by atoms with Crippen LogP contribution >= 0.6 is 0 Å². The fourth-order valence-electron chi connectivity index (χ4n) is 3.64. The van der Waals surface area contributed by atoms with Gasteiger partial charge in [0.1, 0.15) is 0 Å². The molecule has 1 atom stereocenters. The number of nitrogens with two attached hydrogens (primary N) is 1. The maximum absolute atomic E-state index is 13.1. The summed E-state index contributed by atoms with van der Waals surface area (Å²) in [4.78, 5) is 13.1. The summed E-state index contributed by atoms with van der Waals surface area (Å²) < 4.78 is 2.00. The van der Waals surface area contributed by atoms with Gasteiger partial charge in [0, 0.05) is 17.8 Å². The Morgan fingerprint density at radius 1 is 1.24 bits per heavy atom. The SMILES string of the molecule is Cc1cccc2cc([C@H](C)N)n(C3CCCCC3)c(=O)c12. The molecule has 3 rings (SSSR count). The fraction of sp³-hybridized carbons (Fsp3) is 0.500. The molecule has 0 unspecified atom stereocenters. The van der Waals surface area contributed by atoms with Crippen LogP contribution in [0.3, 0.4) is 0 Å². The summed E-state index contributed by atoms with van der Waals surface area (Å²) in [7, 11) is 0. The van der Waals surface area contributed by atoms with Crippen molar-refractivity contribution in [2.24, 2.45) is 5.73 Å². The minimum atomic E-state index is -0.121. The van der Waals surface area contributed by atoms with Gasteiger partial charge in [-0.05, 0) is 43.7 Å². The Morgan fingerprint density at radius 3 is 2.62 bits per heavy atom. The van der Waals surface area contributed by atoms with Crippen LogP contribution < -0.4 is 11.3 Å². The van der Waals surface area contributed by atoms with Crippen molar-refractivity contribution in [2.75, 3.05) is 0 Å². The summed E-state index contributed by atoms with van der Waals surface area (Å²) in [5.41, 5.74) is 8.33. The van der Waals surface area contributed by atoms with Gasteiger partial charge in [0.15, 0.2) is 0 Å². The average molecular weight is 284 g/mol. The van der Waals surface area contributed by atoms with Gasteiger partial charge in [-0.2, -0.15) is 0 Å². The Bertz CT molecular complexity index is 709. The van der Waals surface area contributed by atoms with Crippen molar-refractivity contribution < 1.29 is 0 Å². The predicted molar refractivity (Wildman–Crippen MR) is 87.7 cm³/mol. The van der Waals surface area contributed by atoms with E-state index in [0.29, 0.717) is 6.04 Å². The summed E-state index contributed by atoms with van der Waals surface area (Å²) in [6.07, 6.45) is 5.89. The largest absolute Gasteiger partial charge is 0.323 e. The van der Waals surface area contributed by atoms with Crippen molar-refractivity contribution in [1.82, 2.24) is 4.57 Å². The zero-order chi connectivity index (χ0) is 15.0. The van der Waals surface area contributed by atoms with E-state index in [2.05, 4.69) is 6.07 Å². The molecule has 0 radical (unpaired) electrons.